The number of fused-ring (bicyclic) bond motifs is 2. The van der Waals surface area contributed by atoms with Crippen LogP contribution in [0.1, 0.15) is 11.1 Å². The second-order valence-electron chi connectivity index (χ2n) is 15.4. The van der Waals surface area contributed by atoms with Crippen molar-refractivity contribution in [3.63, 3.8) is 0 Å². The molecule has 1 aromatic heterocycles. The van der Waals surface area contributed by atoms with Gasteiger partial charge in [-0.25, -0.2) is 4.79 Å². The molecule has 0 spiro atoms. The molecule has 0 unspecified atom stereocenters. The molecule has 7 rings (SSSR count). The number of hydrogen-bond acceptors (Lipinski definition) is 21. The number of nitrogens with one attached hydrogen (secondary N) is 3. The van der Waals surface area contributed by atoms with Crippen molar-refractivity contribution in [1.82, 2.24) is 15.0 Å². The molecule has 0 aliphatic rings. The number of hydrogen-bond donors (Lipinski definition) is 9. The van der Waals surface area contributed by atoms with Crippen LogP contribution in [0.2, 0.25) is 0 Å². The minimum absolute atomic E-state index is 0.0168. The number of rotatable bonds is 16. The SMILES string of the molecule is CNc1ccc2cc(S(=O)(=O)O)cc(O)c2c1N=Nc1cc(CN(C)c2nc(N(C)Cc3ccc(S(=O)(=O)O)c(N=Nc4c(NC)ccc5cc(S(=O)(=O)O)cc(O)c45)c3)[nH]c(=O)n2)ccc1S(=O)(=O)O. The maximum atomic E-state index is 12.9. The zero-order chi connectivity index (χ0) is 52.0. The lowest BCUT2D eigenvalue weighted by molar-refractivity contribution is 0.470. The molecule has 9 N–H and O–H groups in total. The molecular weight excluding hydrogens is 1010 g/mol. The standard InChI is InChI=1S/C41H39N11O15S4/c1-42-27-9-7-23-15-25(68(56,57)58)17-31(53)35(23)37(27)49-47-29-13-21(5-11-33(29)70(62,63)64)19-51(3)39-44-40(46-41(55)45-39)52(4)20-22-6-12-34(71(65,66)67)30(14-22)48-50-38-28(43-2)10-8-24-16-26(69(59,60)61)18-32(54)36(24)38/h5-18,42-43,53-54H,19-20H2,1-4H3,(H,56,57,58)(H,59,60,61)(H,62,63,64)(H,65,66,67)(H,44,45,46,55). The third-order valence-corrected chi connectivity index (χ3v) is 14.0. The summed E-state index contributed by atoms with van der Waals surface area (Å²) in [6.45, 7) is -0.191. The average molecular weight is 1050 g/mol. The lowest BCUT2D eigenvalue weighted by Crippen LogP contribution is -2.28. The molecule has 0 saturated heterocycles. The summed E-state index contributed by atoms with van der Waals surface area (Å²) in [7, 11) is -13.2. The first-order chi connectivity index (χ1) is 33.2. The molecule has 0 bridgehead atoms. The molecule has 71 heavy (non-hydrogen) atoms. The number of azo groups is 2. The molecule has 6 aromatic carbocycles. The predicted molar refractivity (Wildman–Crippen MR) is 258 cm³/mol. The molecule has 26 nitrogen and oxygen atoms in total. The summed E-state index contributed by atoms with van der Waals surface area (Å²) in [6.07, 6.45) is 0. The molecular formula is C41H39N11O15S4. The number of aromatic amines is 1. The predicted octanol–water partition coefficient (Wildman–Crippen LogP) is 6.06. The highest BCUT2D eigenvalue weighted by molar-refractivity contribution is 7.86. The van der Waals surface area contributed by atoms with E-state index in [4.69, 9.17) is 0 Å². The summed E-state index contributed by atoms with van der Waals surface area (Å²) in [5, 5.41) is 44.1. The summed E-state index contributed by atoms with van der Waals surface area (Å²) in [5.74, 6) is -1.39. The molecule has 7 aromatic rings. The summed E-state index contributed by atoms with van der Waals surface area (Å²) in [4.78, 5) is 24.2. The maximum absolute atomic E-state index is 12.9. The Kier molecular flexibility index (Phi) is 13.9. The van der Waals surface area contributed by atoms with Crippen LogP contribution in [0.3, 0.4) is 0 Å². The minimum atomic E-state index is -4.91. The monoisotopic (exact) mass is 1050 g/mol. The molecule has 1 heterocycles. The molecule has 0 aliphatic heterocycles. The Balaban J connectivity index is 1.18. The van der Waals surface area contributed by atoms with E-state index in [0.717, 1.165) is 36.4 Å². The van der Waals surface area contributed by atoms with Crippen LogP contribution >= 0.6 is 0 Å². The van der Waals surface area contributed by atoms with Crippen LogP contribution in [0, 0.1) is 0 Å². The van der Waals surface area contributed by atoms with Crippen molar-refractivity contribution in [1.29, 1.82) is 0 Å². The number of aromatic hydroxyl groups is 2. The van der Waals surface area contributed by atoms with Crippen LogP contribution in [0.15, 0.2) is 130 Å². The van der Waals surface area contributed by atoms with E-state index in [1.54, 1.807) is 0 Å². The Morgan fingerprint density at radius 3 is 1.37 bits per heavy atom. The summed E-state index contributed by atoms with van der Waals surface area (Å²) < 4.78 is 136. The minimum Gasteiger partial charge on any atom is -0.507 e. The zero-order valence-corrected chi connectivity index (χ0v) is 40.3. The topological polar surface area (TPSA) is 397 Å². The van der Waals surface area contributed by atoms with Crippen LogP contribution < -0.4 is 26.1 Å². The number of nitrogens with zero attached hydrogens (tertiary/aromatic N) is 8. The van der Waals surface area contributed by atoms with Crippen molar-refractivity contribution >= 4 is 108 Å². The van der Waals surface area contributed by atoms with Crippen LogP contribution in [0.5, 0.6) is 11.5 Å². The van der Waals surface area contributed by atoms with E-state index in [0.29, 0.717) is 11.1 Å². The smallest absolute Gasteiger partial charge is 0.351 e. The fourth-order valence-electron chi connectivity index (χ4n) is 7.24. The first-order valence-electron chi connectivity index (χ1n) is 20.0. The van der Waals surface area contributed by atoms with Gasteiger partial charge in [0, 0.05) is 53.4 Å². The van der Waals surface area contributed by atoms with Crippen molar-refractivity contribution in [2.45, 2.75) is 32.7 Å². The van der Waals surface area contributed by atoms with Gasteiger partial charge in [-0.1, -0.05) is 24.3 Å². The van der Waals surface area contributed by atoms with E-state index in [1.807, 2.05) is 0 Å². The van der Waals surface area contributed by atoms with Gasteiger partial charge in [-0.2, -0.15) is 43.6 Å². The fourth-order valence-corrected chi connectivity index (χ4v) is 9.52. The molecule has 0 radical (unpaired) electrons. The van der Waals surface area contributed by atoms with Crippen LogP contribution in [-0.4, -0.2) is 105 Å². The number of phenolic OH excluding ortho intramolecular Hbond substituents is 2. The maximum Gasteiger partial charge on any atom is 0.351 e. The second kappa shape index (κ2) is 19.2. The van der Waals surface area contributed by atoms with Gasteiger partial charge in [0.1, 0.15) is 44.0 Å². The molecule has 30 heteroatoms. The van der Waals surface area contributed by atoms with E-state index >= 15 is 0 Å². The van der Waals surface area contributed by atoms with Crippen molar-refractivity contribution in [3.8, 4) is 11.5 Å². The first kappa shape index (κ1) is 51.1. The summed E-state index contributed by atoms with van der Waals surface area (Å²) >= 11 is 0. The summed E-state index contributed by atoms with van der Waals surface area (Å²) in [6, 6.07) is 16.9. The molecule has 0 saturated carbocycles. The average Bonchev–Trinajstić information content (AvgIpc) is 3.28. The highest BCUT2D eigenvalue weighted by Gasteiger charge is 2.23. The van der Waals surface area contributed by atoms with Gasteiger partial charge < -0.3 is 30.6 Å². The highest BCUT2D eigenvalue weighted by Crippen LogP contribution is 2.44. The number of aromatic nitrogens is 3. The van der Waals surface area contributed by atoms with Gasteiger partial charge in [-0.3, -0.25) is 23.2 Å². The Morgan fingerprint density at radius 1 is 0.549 bits per heavy atom. The quantitative estimate of drug-likeness (QED) is 0.0392. The number of anilines is 4. The summed E-state index contributed by atoms with van der Waals surface area (Å²) in [5.41, 5.74) is -0.505. The van der Waals surface area contributed by atoms with Crippen LogP contribution in [-0.2, 0) is 53.6 Å². The zero-order valence-electron chi connectivity index (χ0n) is 37.1. The lowest BCUT2D eigenvalue weighted by atomic mass is 10.1. The lowest BCUT2D eigenvalue weighted by Gasteiger charge is -2.21. The first-order valence-corrected chi connectivity index (χ1v) is 25.8. The van der Waals surface area contributed by atoms with Gasteiger partial charge in [0.2, 0.25) is 11.9 Å². The molecule has 0 aliphatic carbocycles. The molecule has 0 atom stereocenters. The van der Waals surface area contributed by atoms with Crippen LogP contribution in [0.4, 0.5) is 46.0 Å². The third-order valence-electron chi connectivity index (χ3n) is 10.5. The van der Waals surface area contributed by atoms with Gasteiger partial charge in [0.15, 0.2) is 0 Å². The van der Waals surface area contributed by atoms with E-state index in [1.165, 1.54) is 86.5 Å². The van der Waals surface area contributed by atoms with Gasteiger partial charge >= 0.3 is 5.69 Å². The number of benzene rings is 6. The molecule has 0 fully saturated rings. The second-order valence-corrected chi connectivity index (χ2v) is 21.0. The van der Waals surface area contributed by atoms with Gasteiger partial charge in [0.25, 0.3) is 40.5 Å². The molecule has 0 amide bonds. The Bertz CT molecular complexity index is 3660. The van der Waals surface area contributed by atoms with E-state index in [2.05, 4.69) is 46.0 Å². The van der Waals surface area contributed by atoms with Gasteiger partial charge in [-0.15, -0.1) is 20.5 Å². The van der Waals surface area contributed by atoms with Crippen molar-refractivity contribution < 1.29 is 62.1 Å². The van der Waals surface area contributed by atoms with Crippen LogP contribution in [0.25, 0.3) is 21.5 Å². The Labute approximate surface area is 403 Å². The number of phenols is 2. The molecule has 372 valence electrons. The van der Waals surface area contributed by atoms with Gasteiger partial charge in [0.05, 0.1) is 31.9 Å². The van der Waals surface area contributed by atoms with E-state index < -0.39 is 77.2 Å². The highest BCUT2D eigenvalue weighted by atomic mass is 32.2. The van der Waals surface area contributed by atoms with Gasteiger partial charge in [-0.05, 0) is 70.4 Å². The van der Waals surface area contributed by atoms with Crippen molar-refractivity contribution in [2.24, 2.45) is 20.5 Å². The fraction of sp³-hybridized carbons (Fsp3) is 0.146. The Morgan fingerprint density at radius 2 is 0.972 bits per heavy atom. The van der Waals surface area contributed by atoms with Crippen molar-refractivity contribution in [3.05, 3.63) is 107 Å². The normalized spacial score (nSPS) is 12.6. The third kappa shape index (κ3) is 11.2. The van der Waals surface area contributed by atoms with E-state index in [9.17, 15) is 66.9 Å². The Hall–Kier alpha value is -7.71. The number of H-pyrrole nitrogens is 1. The van der Waals surface area contributed by atoms with E-state index in [-0.39, 0.29) is 80.7 Å². The largest absolute Gasteiger partial charge is 0.507 e. The van der Waals surface area contributed by atoms with Crippen molar-refractivity contribution in [2.75, 3.05) is 48.6 Å².